The Morgan fingerprint density at radius 2 is 2.05 bits per heavy atom. The normalized spacial score (nSPS) is 13.4. The maximum absolute atomic E-state index is 13.9. The van der Waals surface area contributed by atoms with Crippen molar-refractivity contribution >= 4 is 21.8 Å². The third-order valence-electron chi connectivity index (χ3n) is 3.09. The van der Waals surface area contributed by atoms with Gasteiger partial charge in [0.2, 0.25) is 10.0 Å². The van der Waals surface area contributed by atoms with E-state index < -0.39 is 10.0 Å². The maximum atomic E-state index is 13.9. The second kappa shape index (κ2) is 8.12. The van der Waals surface area contributed by atoms with Gasteiger partial charge in [0, 0.05) is 18.2 Å². The summed E-state index contributed by atoms with van der Waals surface area (Å²) in [5, 5.41) is 2.84. The first-order valence-corrected chi connectivity index (χ1v) is 9.64. The van der Waals surface area contributed by atoms with Crippen LogP contribution in [0.1, 0.15) is 24.5 Å². The molecule has 0 spiro atoms. The molecule has 21 heavy (non-hydrogen) atoms. The number of sulfonamides is 1. The van der Waals surface area contributed by atoms with Crippen LogP contribution in [0.15, 0.2) is 17.0 Å². The molecule has 7 heteroatoms. The van der Waals surface area contributed by atoms with E-state index in [0.717, 1.165) is 12.2 Å². The summed E-state index contributed by atoms with van der Waals surface area (Å²) in [4.78, 5) is 0.114. The lowest BCUT2D eigenvalue weighted by molar-refractivity contribution is 0.554. The summed E-state index contributed by atoms with van der Waals surface area (Å²) in [6, 6.07) is 2.61. The average molecular weight is 334 g/mol. The van der Waals surface area contributed by atoms with Crippen molar-refractivity contribution in [2.24, 2.45) is 0 Å². The van der Waals surface area contributed by atoms with Gasteiger partial charge >= 0.3 is 0 Å². The molecule has 0 amide bonds. The molecule has 0 aliphatic rings. The van der Waals surface area contributed by atoms with E-state index in [-0.39, 0.29) is 23.3 Å². The molecule has 1 rings (SSSR count). The first-order chi connectivity index (χ1) is 9.81. The van der Waals surface area contributed by atoms with E-state index in [2.05, 4.69) is 10.0 Å². The SMILES string of the molecule is CNCc1cc(S(=O)(=O)NC(C)CCSC)cc(C)c1F. The topological polar surface area (TPSA) is 58.2 Å². The van der Waals surface area contributed by atoms with E-state index in [1.165, 1.54) is 12.1 Å². The first-order valence-electron chi connectivity index (χ1n) is 6.76. The molecule has 0 aliphatic heterocycles. The Morgan fingerprint density at radius 3 is 2.62 bits per heavy atom. The number of nitrogens with one attached hydrogen (secondary N) is 2. The molecule has 1 aromatic carbocycles. The third kappa shape index (κ3) is 5.25. The summed E-state index contributed by atoms with van der Waals surface area (Å²) in [6.45, 7) is 3.70. The molecular formula is C14H23FN2O2S2. The van der Waals surface area contributed by atoms with Crippen LogP contribution < -0.4 is 10.0 Å². The average Bonchev–Trinajstić information content (AvgIpc) is 2.41. The van der Waals surface area contributed by atoms with Crippen LogP contribution >= 0.6 is 11.8 Å². The van der Waals surface area contributed by atoms with E-state index in [1.54, 1.807) is 25.7 Å². The standard InChI is InChI=1S/C14H23FN2O2S2/c1-10-7-13(8-12(9-16-3)14(10)15)21(18,19)17-11(2)5-6-20-4/h7-8,11,16-17H,5-6,9H2,1-4H3. The van der Waals surface area contributed by atoms with E-state index in [9.17, 15) is 12.8 Å². The molecule has 1 aromatic rings. The van der Waals surface area contributed by atoms with Crippen LogP contribution in [0, 0.1) is 12.7 Å². The predicted octanol–water partition coefficient (Wildman–Crippen LogP) is 2.27. The molecule has 1 unspecified atom stereocenters. The lowest BCUT2D eigenvalue weighted by Crippen LogP contribution is -2.33. The van der Waals surface area contributed by atoms with Gasteiger partial charge in [-0.05, 0) is 57.0 Å². The molecule has 0 aliphatic carbocycles. The van der Waals surface area contributed by atoms with Crippen LogP contribution in [0.4, 0.5) is 4.39 Å². The Morgan fingerprint density at radius 1 is 1.38 bits per heavy atom. The Labute approximate surface area is 131 Å². The van der Waals surface area contributed by atoms with E-state index in [1.807, 2.05) is 13.2 Å². The van der Waals surface area contributed by atoms with Crippen molar-refractivity contribution in [1.82, 2.24) is 10.0 Å². The first kappa shape index (κ1) is 18.4. The Kier molecular flexibility index (Phi) is 7.12. The van der Waals surface area contributed by atoms with Crippen LogP contribution in [0.3, 0.4) is 0 Å². The number of thioether (sulfide) groups is 1. The van der Waals surface area contributed by atoms with Crippen molar-refractivity contribution in [1.29, 1.82) is 0 Å². The van der Waals surface area contributed by atoms with Gasteiger partial charge in [0.15, 0.2) is 0 Å². The lowest BCUT2D eigenvalue weighted by Gasteiger charge is -2.15. The minimum absolute atomic E-state index is 0.114. The summed E-state index contributed by atoms with van der Waals surface area (Å²) in [5.74, 6) is 0.524. The second-order valence-electron chi connectivity index (χ2n) is 5.05. The van der Waals surface area contributed by atoms with Gasteiger partial charge in [-0.1, -0.05) is 0 Å². The van der Waals surface area contributed by atoms with E-state index >= 15 is 0 Å². The predicted molar refractivity (Wildman–Crippen MR) is 86.7 cm³/mol. The molecule has 0 radical (unpaired) electrons. The fourth-order valence-corrected chi connectivity index (χ4v) is 3.97. The zero-order valence-electron chi connectivity index (χ0n) is 12.9. The molecule has 1 atom stereocenters. The van der Waals surface area contributed by atoms with Gasteiger partial charge in [0.1, 0.15) is 5.82 Å². The van der Waals surface area contributed by atoms with Gasteiger partial charge in [-0.2, -0.15) is 11.8 Å². The molecular weight excluding hydrogens is 311 g/mol. The fraction of sp³-hybridized carbons (Fsp3) is 0.571. The third-order valence-corrected chi connectivity index (χ3v) is 5.31. The fourth-order valence-electron chi connectivity index (χ4n) is 1.97. The number of aryl methyl sites for hydroxylation is 1. The minimum atomic E-state index is -3.62. The molecule has 120 valence electrons. The molecule has 0 fully saturated rings. The number of halogens is 1. The zero-order valence-corrected chi connectivity index (χ0v) is 14.5. The summed E-state index contributed by atoms with van der Waals surface area (Å²) in [7, 11) is -1.93. The smallest absolute Gasteiger partial charge is 0.240 e. The maximum Gasteiger partial charge on any atom is 0.240 e. The largest absolute Gasteiger partial charge is 0.316 e. The monoisotopic (exact) mass is 334 g/mol. The Balaban J connectivity index is 3.02. The highest BCUT2D eigenvalue weighted by molar-refractivity contribution is 7.98. The number of hydrogen-bond donors (Lipinski definition) is 2. The lowest BCUT2D eigenvalue weighted by atomic mass is 10.1. The molecule has 0 heterocycles. The second-order valence-corrected chi connectivity index (χ2v) is 7.75. The van der Waals surface area contributed by atoms with Crippen molar-refractivity contribution in [3.8, 4) is 0 Å². The zero-order chi connectivity index (χ0) is 16.0. The number of hydrogen-bond acceptors (Lipinski definition) is 4. The quantitative estimate of drug-likeness (QED) is 0.766. The number of benzene rings is 1. The minimum Gasteiger partial charge on any atom is -0.316 e. The van der Waals surface area contributed by atoms with Crippen molar-refractivity contribution in [2.45, 2.75) is 37.8 Å². The summed E-state index contributed by atoms with van der Waals surface area (Å²) in [5.41, 5.74) is 0.689. The highest BCUT2D eigenvalue weighted by Crippen LogP contribution is 2.20. The van der Waals surface area contributed by atoms with Crippen LogP contribution in [-0.4, -0.2) is 33.5 Å². The highest BCUT2D eigenvalue weighted by atomic mass is 32.2. The van der Waals surface area contributed by atoms with Crippen LogP contribution in [0.5, 0.6) is 0 Å². The van der Waals surface area contributed by atoms with Crippen molar-refractivity contribution in [2.75, 3.05) is 19.1 Å². The molecule has 4 nitrogen and oxygen atoms in total. The van der Waals surface area contributed by atoms with E-state index in [0.29, 0.717) is 11.1 Å². The molecule has 0 saturated carbocycles. The molecule has 0 aromatic heterocycles. The van der Waals surface area contributed by atoms with Crippen molar-refractivity contribution in [3.63, 3.8) is 0 Å². The van der Waals surface area contributed by atoms with Crippen LogP contribution in [0.25, 0.3) is 0 Å². The summed E-state index contributed by atoms with van der Waals surface area (Å²) >= 11 is 1.67. The Hall–Kier alpha value is -0.630. The van der Waals surface area contributed by atoms with Gasteiger partial charge in [-0.15, -0.1) is 0 Å². The molecule has 0 saturated heterocycles. The summed E-state index contributed by atoms with van der Waals surface area (Å²) in [6.07, 6.45) is 2.73. The van der Waals surface area contributed by atoms with Crippen LogP contribution in [-0.2, 0) is 16.6 Å². The van der Waals surface area contributed by atoms with Gasteiger partial charge in [-0.25, -0.2) is 17.5 Å². The molecule has 0 bridgehead atoms. The van der Waals surface area contributed by atoms with Crippen molar-refractivity contribution in [3.05, 3.63) is 29.1 Å². The molecule has 2 N–H and O–H groups in total. The van der Waals surface area contributed by atoms with Gasteiger partial charge in [0.05, 0.1) is 4.90 Å². The van der Waals surface area contributed by atoms with Gasteiger partial charge in [-0.3, -0.25) is 0 Å². The number of rotatable bonds is 8. The Bertz CT molecular complexity index is 577. The van der Waals surface area contributed by atoms with Crippen LogP contribution in [0.2, 0.25) is 0 Å². The summed E-state index contributed by atoms with van der Waals surface area (Å²) < 4.78 is 41.3. The highest BCUT2D eigenvalue weighted by Gasteiger charge is 2.20. The van der Waals surface area contributed by atoms with Gasteiger partial charge in [0.25, 0.3) is 0 Å². The van der Waals surface area contributed by atoms with Gasteiger partial charge < -0.3 is 5.32 Å². The van der Waals surface area contributed by atoms with E-state index in [4.69, 9.17) is 0 Å². The van der Waals surface area contributed by atoms with Crippen molar-refractivity contribution < 1.29 is 12.8 Å².